The molecule has 0 aliphatic rings. The lowest BCUT2D eigenvalue weighted by Gasteiger charge is -2.11. The van der Waals surface area contributed by atoms with Crippen molar-refractivity contribution < 1.29 is 13.2 Å². The molecule has 0 atom stereocenters. The molecule has 1 aromatic carbocycles. The first-order valence-electron chi connectivity index (χ1n) is 8.41. The highest BCUT2D eigenvalue weighted by Crippen LogP contribution is 2.26. The zero-order valence-corrected chi connectivity index (χ0v) is 17.5. The highest BCUT2D eigenvalue weighted by molar-refractivity contribution is 7.89. The molecule has 3 rings (SSSR count). The smallest absolute Gasteiger partial charge is 0.261 e. The number of aromatic amines is 1. The Morgan fingerprint density at radius 2 is 1.86 bits per heavy atom. The number of benzene rings is 1. The van der Waals surface area contributed by atoms with Crippen LogP contribution in [0.25, 0.3) is 10.2 Å². The van der Waals surface area contributed by atoms with Gasteiger partial charge >= 0.3 is 0 Å². The molecule has 0 radical (unpaired) electrons. The molecule has 28 heavy (non-hydrogen) atoms. The van der Waals surface area contributed by atoms with E-state index in [1.165, 1.54) is 37.6 Å². The minimum Gasteiger partial charge on any atom is -0.347 e. The number of nitrogens with zero attached hydrogens (tertiary/aromatic N) is 2. The topological polar surface area (TPSA) is 112 Å². The predicted molar refractivity (Wildman–Crippen MR) is 108 cm³/mol. The Morgan fingerprint density at radius 1 is 1.21 bits per heavy atom. The Labute approximate surface area is 166 Å². The first kappa shape index (κ1) is 20.2. The second-order valence-electron chi connectivity index (χ2n) is 6.50. The number of fused-ring (bicyclic) bond motifs is 1. The predicted octanol–water partition coefficient (Wildman–Crippen LogP) is 1.78. The van der Waals surface area contributed by atoms with Crippen LogP contribution in [0.15, 0.2) is 34.0 Å². The summed E-state index contributed by atoms with van der Waals surface area (Å²) >= 11 is 1.18. The fourth-order valence-corrected chi connectivity index (χ4v) is 4.77. The van der Waals surface area contributed by atoms with Crippen LogP contribution in [0.4, 0.5) is 0 Å². The van der Waals surface area contributed by atoms with Gasteiger partial charge in [-0.3, -0.25) is 9.59 Å². The van der Waals surface area contributed by atoms with Gasteiger partial charge in [-0.05, 0) is 37.1 Å². The Bertz CT molecular complexity index is 1210. The van der Waals surface area contributed by atoms with E-state index in [2.05, 4.69) is 15.3 Å². The molecule has 2 aromatic heterocycles. The van der Waals surface area contributed by atoms with Crippen molar-refractivity contribution in [2.75, 3.05) is 14.1 Å². The summed E-state index contributed by atoms with van der Waals surface area (Å²) in [5.41, 5.74) is 1.10. The number of sulfonamides is 1. The number of carbonyl (C=O) groups excluding carboxylic acids is 1. The Kier molecular flexibility index (Phi) is 5.37. The molecule has 0 unspecified atom stereocenters. The molecule has 0 saturated heterocycles. The summed E-state index contributed by atoms with van der Waals surface area (Å²) in [5.74, 6) is 0.195. The van der Waals surface area contributed by atoms with E-state index in [1.807, 2.05) is 0 Å². The lowest BCUT2D eigenvalue weighted by atomic mass is 10.2. The Balaban J connectivity index is 1.78. The molecule has 3 aromatic rings. The number of H-pyrrole nitrogens is 1. The lowest BCUT2D eigenvalue weighted by molar-refractivity contribution is 0.0954. The fourth-order valence-electron chi connectivity index (χ4n) is 2.72. The van der Waals surface area contributed by atoms with Crippen LogP contribution >= 0.6 is 11.3 Å². The summed E-state index contributed by atoms with van der Waals surface area (Å²) in [5, 5.41) is 3.23. The van der Waals surface area contributed by atoms with E-state index >= 15 is 0 Å². The van der Waals surface area contributed by atoms with Crippen LogP contribution in [0.2, 0.25) is 0 Å². The fraction of sp³-hybridized carbons (Fsp3) is 0.278. The maximum Gasteiger partial charge on any atom is 0.261 e. The van der Waals surface area contributed by atoms with Crippen LogP contribution in [0.3, 0.4) is 0 Å². The molecule has 148 valence electrons. The zero-order valence-electron chi connectivity index (χ0n) is 15.9. The lowest BCUT2D eigenvalue weighted by Crippen LogP contribution is -2.23. The number of thiophene rings is 1. The average Bonchev–Trinajstić information content (AvgIpc) is 2.96. The number of amides is 1. The average molecular weight is 421 g/mol. The zero-order chi connectivity index (χ0) is 20.6. The van der Waals surface area contributed by atoms with Gasteiger partial charge in [-0.2, -0.15) is 0 Å². The highest BCUT2D eigenvalue weighted by Gasteiger charge is 2.19. The van der Waals surface area contributed by atoms with Gasteiger partial charge in [0.25, 0.3) is 11.5 Å². The van der Waals surface area contributed by atoms with Crippen molar-refractivity contribution in [3.63, 3.8) is 0 Å². The monoisotopic (exact) mass is 420 g/mol. The summed E-state index contributed by atoms with van der Waals surface area (Å²) in [6.07, 6.45) is 0. The van der Waals surface area contributed by atoms with E-state index in [4.69, 9.17) is 0 Å². The van der Waals surface area contributed by atoms with Crippen LogP contribution in [0, 0.1) is 13.8 Å². The number of nitrogens with one attached hydrogen (secondary N) is 2. The molecule has 1 amide bonds. The number of carbonyl (C=O) groups is 1. The van der Waals surface area contributed by atoms with Gasteiger partial charge in [0.2, 0.25) is 10.0 Å². The van der Waals surface area contributed by atoms with E-state index < -0.39 is 10.0 Å². The highest BCUT2D eigenvalue weighted by atomic mass is 32.2. The molecular formula is C18H20N4O4S2. The SMILES string of the molecule is Cc1nc2sc(C(=O)NCc3ccc(S(=O)(=O)N(C)C)cc3)c(C)c2c(=O)[nH]1. The van der Waals surface area contributed by atoms with Crippen molar-refractivity contribution in [2.45, 2.75) is 25.3 Å². The number of aromatic nitrogens is 2. The number of hydrogen-bond acceptors (Lipinski definition) is 6. The molecule has 2 heterocycles. The molecular weight excluding hydrogens is 400 g/mol. The normalized spacial score (nSPS) is 11.9. The van der Waals surface area contributed by atoms with Gasteiger partial charge in [0.05, 0.1) is 15.2 Å². The van der Waals surface area contributed by atoms with Gasteiger partial charge in [0.15, 0.2) is 0 Å². The van der Waals surface area contributed by atoms with Crippen molar-refractivity contribution in [1.82, 2.24) is 19.6 Å². The maximum absolute atomic E-state index is 12.6. The molecule has 0 spiro atoms. The minimum absolute atomic E-state index is 0.189. The molecule has 0 saturated carbocycles. The van der Waals surface area contributed by atoms with Gasteiger partial charge in [-0.15, -0.1) is 11.3 Å². The molecule has 0 aliphatic heterocycles. The number of aryl methyl sites for hydroxylation is 2. The van der Waals surface area contributed by atoms with Crippen LogP contribution in [0.5, 0.6) is 0 Å². The van der Waals surface area contributed by atoms with E-state index in [0.717, 1.165) is 9.87 Å². The van der Waals surface area contributed by atoms with Crippen LogP contribution < -0.4 is 10.9 Å². The second-order valence-corrected chi connectivity index (χ2v) is 9.65. The standard InChI is InChI=1S/C18H20N4O4S2/c1-10-14-16(23)20-11(2)21-18(14)27-15(10)17(24)19-9-12-5-7-13(8-6-12)28(25,26)22(3)4/h5-8H,9H2,1-4H3,(H,19,24)(H,20,21,23). The van der Waals surface area contributed by atoms with Gasteiger partial charge in [0.1, 0.15) is 10.7 Å². The van der Waals surface area contributed by atoms with E-state index in [9.17, 15) is 18.0 Å². The Morgan fingerprint density at radius 3 is 2.46 bits per heavy atom. The number of hydrogen-bond donors (Lipinski definition) is 2. The minimum atomic E-state index is -3.49. The summed E-state index contributed by atoms with van der Waals surface area (Å²) < 4.78 is 25.3. The summed E-state index contributed by atoms with van der Waals surface area (Å²) in [4.78, 5) is 32.8. The van der Waals surface area contributed by atoms with Crippen LogP contribution in [0.1, 0.15) is 26.6 Å². The molecule has 0 bridgehead atoms. The van der Waals surface area contributed by atoms with Crippen molar-refractivity contribution in [1.29, 1.82) is 0 Å². The van der Waals surface area contributed by atoms with Crippen LogP contribution in [-0.2, 0) is 16.6 Å². The van der Waals surface area contributed by atoms with E-state index in [-0.39, 0.29) is 22.9 Å². The van der Waals surface area contributed by atoms with Crippen LogP contribution in [-0.4, -0.2) is 42.7 Å². The third kappa shape index (κ3) is 3.71. The molecule has 2 N–H and O–H groups in total. The van der Waals surface area contributed by atoms with E-state index in [1.54, 1.807) is 26.0 Å². The van der Waals surface area contributed by atoms with Crippen molar-refractivity contribution in [3.8, 4) is 0 Å². The van der Waals surface area contributed by atoms with Gasteiger partial charge in [0, 0.05) is 20.6 Å². The van der Waals surface area contributed by atoms with Gasteiger partial charge in [-0.1, -0.05) is 12.1 Å². The molecule has 10 heteroatoms. The molecule has 8 nitrogen and oxygen atoms in total. The number of rotatable bonds is 5. The first-order valence-corrected chi connectivity index (χ1v) is 10.7. The van der Waals surface area contributed by atoms with Gasteiger partial charge in [-0.25, -0.2) is 17.7 Å². The summed E-state index contributed by atoms with van der Waals surface area (Å²) in [6, 6.07) is 6.33. The van der Waals surface area contributed by atoms with E-state index in [0.29, 0.717) is 26.5 Å². The van der Waals surface area contributed by atoms with Crippen molar-refractivity contribution in [3.05, 3.63) is 56.4 Å². The first-order chi connectivity index (χ1) is 13.1. The third-order valence-corrected chi connectivity index (χ3v) is 7.29. The maximum atomic E-state index is 12.6. The molecule has 0 fully saturated rings. The van der Waals surface area contributed by atoms with Crippen molar-refractivity contribution in [2.24, 2.45) is 0 Å². The summed E-state index contributed by atoms with van der Waals surface area (Å²) in [6.45, 7) is 3.65. The van der Waals surface area contributed by atoms with Gasteiger partial charge < -0.3 is 10.3 Å². The third-order valence-electron chi connectivity index (χ3n) is 4.28. The van der Waals surface area contributed by atoms with Crippen molar-refractivity contribution >= 4 is 37.5 Å². The Hall–Kier alpha value is -2.56. The summed E-state index contributed by atoms with van der Waals surface area (Å²) in [7, 11) is -0.547. The molecule has 0 aliphatic carbocycles. The quantitative estimate of drug-likeness (QED) is 0.653. The second kappa shape index (κ2) is 7.46. The largest absolute Gasteiger partial charge is 0.347 e.